The van der Waals surface area contributed by atoms with Crippen LogP contribution in [-0.4, -0.2) is 12.2 Å². The lowest BCUT2D eigenvalue weighted by Gasteiger charge is -2.06. The van der Waals surface area contributed by atoms with Crippen LogP contribution >= 0.6 is 0 Å². The number of benzene rings is 1. The highest BCUT2D eigenvalue weighted by Crippen LogP contribution is 2.22. The lowest BCUT2D eigenvalue weighted by atomic mass is 10.1. The molecule has 0 aliphatic heterocycles. The van der Waals surface area contributed by atoms with Crippen LogP contribution in [0.2, 0.25) is 0 Å². The van der Waals surface area contributed by atoms with Gasteiger partial charge in [-0.1, -0.05) is 12.1 Å². The van der Waals surface area contributed by atoms with E-state index < -0.39 is 0 Å². The first-order chi connectivity index (χ1) is 5.83. The van der Waals surface area contributed by atoms with Crippen molar-refractivity contribution in [2.45, 2.75) is 6.61 Å². The molecule has 1 rings (SSSR count). The third-order valence-corrected chi connectivity index (χ3v) is 1.59. The van der Waals surface area contributed by atoms with Crippen molar-refractivity contribution in [3.63, 3.8) is 0 Å². The highest BCUT2D eigenvalue weighted by atomic mass is 16.5. The molecule has 3 nitrogen and oxygen atoms in total. The molecule has 0 heterocycles. The minimum atomic E-state index is -0.112. The van der Waals surface area contributed by atoms with E-state index in [4.69, 9.17) is 15.1 Å². The fraction of sp³-hybridized carbons (Fsp3) is 0.222. The van der Waals surface area contributed by atoms with Gasteiger partial charge in [-0.15, -0.1) is 0 Å². The van der Waals surface area contributed by atoms with Crippen molar-refractivity contribution < 1.29 is 9.84 Å². The summed E-state index contributed by atoms with van der Waals surface area (Å²) >= 11 is 0. The normalized spacial score (nSPS) is 9.08. The van der Waals surface area contributed by atoms with Gasteiger partial charge in [-0.3, -0.25) is 0 Å². The third kappa shape index (κ3) is 1.39. The van der Waals surface area contributed by atoms with E-state index in [-0.39, 0.29) is 6.61 Å². The Morgan fingerprint density at radius 3 is 2.83 bits per heavy atom. The molecule has 0 unspecified atom stereocenters. The Morgan fingerprint density at radius 2 is 2.33 bits per heavy atom. The van der Waals surface area contributed by atoms with Crippen molar-refractivity contribution in [1.29, 1.82) is 5.26 Å². The molecule has 3 heteroatoms. The predicted octanol–water partition coefficient (Wildman–Crippen LogP) is 1.06. The summed E-state index contributed by atoms with van der Waals surface area (Å²) in [4.78, 5) is 0. The van der Waals surface area contributed by atoms with Crippen LogP contribution in [0, 0.1) is 11.3 Å². The molecular weight excluding hydrogens is 154 g/mol. The van der Waals surface area contributed by atoms with Crippen molar-refractivity contribution in [3.05, 3.63) is 29.3 Å². The van der Waals surface area contributed by atoms with E-state index >= 15 is 0 Å². The number of nitrogens with zero attached hydrogens (tertiary/aromatic N) is 1. The number of methoxy groups -OCH3 is 1. The molecule has 0 amide bonds. The van der Waals surface area contributed by atoms with E-state index in [2.05, 4.69) is 0 Å². The zero-order valence-corrected chi connectivity index (χ0v) is 6.74. The van der Waals surface area contributed by atoms with Crippen molar-refractivity contribution in [2.24, 2.45) is 0 Å². The quantitative estimate of drug-likeness (QED) is 0.709. The smallest absolute Gasteiger partial charge is 0.142 e. The van der Waals surface area contributed by atoms with Gasteiger partial charge in [-0.05, 0) is 6.07 Å². The highest BCUT2D eigenvalue weighted by Gasteiger charge is 2.06. The summed E-state index contributed by atoms with van der Waals surface area (Å²) in [5.41, 5.74) is 1.08. The van der Waals surface area contributed by atoms with Gasteiger partial charge in [-0.2, -0.15) is 5.26 Å². The summed E-state index contributed by atoms with van der Waals surface area (Å²) < 4.78 is 4.98. The first-order valence-electron chi connectivity index (χ1n) is 3.50. The van der Waals surface area contributed by atoms with Crippen molar-refractivity contribution in [1.82, 2.24) is 0 Å². The van der Waals surface area contributed by atoms with Crippen LogP contribution in [-0.2, 0) is 6.61 Å². The van der Waals surface area contributed by atoms with Gasteiger partial charge in [0.05, 0.1) is 19.3 Å². The van der Waals surface area contributed by atoms with E-state index in [1.54, 1.807) is 18.2 Å². The summed E-state index contributed by atoms with van der Waals surface area (Å²) in [7, 11) is 1.48. The largest absolute Gasteiger partial charge is 0.495 e. The summed E-state index contributed by atoms with van der Waals surface area (Å²) in [6, 6.07) is 7.07. The molecule has 1 aromatic carbocycles. The number of aliphatic hydroxyl groups excluding tert-OH is 1. The Labute approximate surface area is 70.8 Å². The highest BCUT2D eigenvalue weighted by molar-refractivity contribution is 5.48. The Bertz CT molecular complexity index is 315. The van der Waals surface area contributed by atoms with Crippen LogP contribution in [0.1, 0.15) is 11.1 Å². The van der Waals surface area contributed by atoms with Crippen molar-refractivity contribution in [3.8, 4) is 11.8 Å². The summed E-state index contributed by atoms with van der Waals surface area (Å²) in [6.45, 7) is -0.112. The van der Waals surface area contributed by atoms with E-state index in [9.17, 15) is 0 Å². The number of nitriles is 1. The van der Waals surface area contributed by atoms with Crippen LogP contribution in [0.15, 0.2) is 18.2 Å². The van der Waals surface area contributed by atoms with Crippen LogP contribution in [0.4, 0.5) is 0 Å². The number of hydrogen-bond donors (Lipinski definition) is 1. The lowest BCUT2D eigenvalue weighted by molar-refractivity contribution is 0.273. The third-order valence-electron chi connectivity index (χ3n) is 1.59. The zero-order valence-electron chi connectivity index (χ0n) is 6.74. The Hall–Kier alpha value is -1.53. The minimum absolute atomic E-state index is 0.112. The first-order valence-corrected chi connectivity index (χ1v) is 3.50. The molecule has 0 fully saturated rings. The van der Waals surface area contributed by atoms with Crippen molar-refractivity contribution >= 4 is 0 Å². The second-order valence-corrected chi connectivity index (χ2v) is 2.27. The van der Waals surface area contributed by atoms with E-state index in [1.807, 2.05) is 6.07 Å². The van der Waals surface area contributed by atoms with Gasteiger partial charge in [0, 0.05) is 5.56 Å². The Kier molecular flexibility index (Phi) is 2.67. The van der Waals surface area contributed by atoms with Crippen LogP contribution in [0.5, 0.6) is 5.75 Å². The molecule has 62 valence electrons. The molecule has 0 radical (unpaired) electrons. The molecule has 0 aromatic heterocycles. The summed E-state index contributed by atoms with van der Waals surface area (Å²) in [5.74, 6) is 0.461. The maximum atomic E-state index is 8.88. The van der Waals surface area contributed by atoms with Gasteiger partial charge in [0.2, 0.25) is 0 Å². The van der Waals surface area contributed by atoms with Gasteiger partial charge in [0.25, 0.3) is 0 Å². The van der Waals surface area contributed by atoms with Crippen LogP contribution in [0.25, 0.3) is 0 Å². The van der Waals surface area contributed by atoms with Gasteiger partial charge < -0.3 is 9.84 Å². The molecule has 0 aliphatic rings. The molecule has 0 atom stereocenters. The molecule has 1 aromatic rings. The average molecular weight is 163 g/mol. The number of ether oxygens (including phenoxy) is 1. The van der Waals surface area contributed by atoms with E-state index in [0.717, 1.165) is 0 Å². The van der Waals surface area contributed by atoms with Crippen LogP contribution in [0.3, 0.4) is 0 Å². The van der Waals surface area contributed by atoms with Gasteiger partial charge >= 0.3 is 0 Å². The van der Waals surface area contributed by atoms with E-state index in [0.29, 0.717) is 16.9 Å². The van der Waals surface area contributed by atoms with Gasteiger partial charge in [0.15, 0.2) is 0 Å². The number of rotatable bonds is 2. The predicted molar refractivity (Wildman–Crippen MR) is 43.6 cm³/mol. The second kappa shape index (κ2) is 3.74. The maximum Gasteiger partial charge on any atom is 0.142 e. The molecule has 0 aliphatic carbocycles. The summed E-state index contributed by atoms with van der Waals surface area (Å²) in [5, 5.41) is 17.5. The van der Waals surface area contributed by atoms with Crippen LogP contribution < -0.4 is 4.74 Å². The fourth-order valence-electron chi connectivity index (χ4n) is 1.04. The topological polar surface area (TPSA) is 53.2 Å². The van der Waals surface area contributed by atoms with E-state index in [1.165, 1.54) is 7.11 Å². The molecule has 0 spiro atoms. The number of hydrogen-bond acceptors (Lipinski definition) is 3. The summed E-state index contributed by atoms with van der Waals surface area (Å²) in [6.07, 6.45) is 0. The Balaban J connectivity index is 3.24. The van der Waals surface area contributed by atoms with Crippen molar-refractivity contribution in [2.75, 3.05) is 7.11 Å². The lowest BCUT2D eigenvalue weighted by Crippen LogP contribution is -1.94. The number of aliphatic hydroxyl groups is 1. The first kappa shape index (κ1) is 8.57. The maximum absolute atomic E-state index is 8.88. The second-order valence-electron chi connectivity index (χ2n) is 2.27. The molecule has 0 saturated carbocycles. The molecule has 0 bridgehead atoms. The molecule has 1 N–H and O–H groups in total. The fourth-order valence-corrected chi connectivity index (χ4v) is 1.04. The number of para-hydroxylation sites is 1. The monoisotopic (exact) mass is 163 g/mol. The standard InChI is InChI=1S/C9H9NO2/c1-12-9-7(5-10)3-2-4-8(9)6-11/h2-4,11H,6H2,1H3. The molecule has 0 saturated heterocycles. The molecule has 12 heavy (non-hydrogen) atoms. The Morgan fingerprint density at radius 1 is 1.58 bits per heavy atom. The SMILES string of the molecule is COc1c(C#N)cccc1CO. The van der Waals surface area contributed by atoms with Gasteiger partial charge in [0.1, 0.15) is 11.8 Å². The minimum Gasteiger partial charge on any atom is -0.495 e. The van der Waals surface area contributed by atoms with Gasteiger partial charge in [-0.25, -0.2) is 0 Å². The zero-order chi connectivity index (χ0) is 8.97. The molecular formula is C9H9NO2. The average Bonchev–Trinajstić information content (AvgIpc) is 2.16.